The van der Waals surface area contributed by atoms with Gasteiger partial charge in [0.1, 0.15) is 0 Å². The van der Waals surface area contributed by atoms with Crippen LogP contribution < -0.4 is 0 Å². The van der Waals surface area contributed by atoms with E-state index in [-0.39, 0.29) is 23.7 Å². The van der Waals surface area contributed by atoms with Gasteiger partial charge in [-0.05, 0) is 81.2 Å². The first-order valence-corrected chi connectivity index (χ1v) is 15.0. The van der Waals surface area contributed by atoms with Crippen molar-refractivity contribution in [3.63, 3.8) is 0 Å². The van der Waals surface area contributed by atoms with Crippen molar-refractivity contribution in [1.82, 2.24) is 4.90 Å². The third-order valence-corrected chi connectivity index (χ3v) is 10.4. The van der Waals surface area contributed by atoms with Crippen LogP contribution in [0.5, 0.6) is 0 Å². The van der Waals surface area contributed by atoms with Gasteiger partial charge in [0.2, 0.25) is 0 Å². The normalized spacial score (nSPS) is 24.3. The van der Waals surface area contributed by atoms with Crippen LogP contribution >= 0.6 is 0 Å². The van der Waals surface area contributed by atoms with Gasteiger partial charge in [-0.15, -0.1) is 0 Å². The monoisotopic (exact) mass is 517 g/mol. The average molecular weight is 518 g/mol. The Balaban J connectivity index is 1.36. The lowest BCUT2D eigenvalue weighted by Crippen LogP contribution is -2.52. The van der Waals surface area contributed by atoms with Crippen molar-refractivity contribution in [2.75, 3.05) is 0 Å². The summed E-state index contributed by atoms with van der Waals surface area (Å²) in [5, 5.41) is 0. The number of unbranched alkanes of at least 4 members (excludes halogenated alkanes) is 1. The highest BCUT2D eigenvalue weighted by Gasteiger charge is 2.51. The van der Waals surface area contributed by atoms with Crippen LogP contribution in [0.1, 0.15) is 98.6 Å². The lowest BCUT2D eigenvalue weighted by Gasteiger charge is -2.56. The highest BCUT2D eigenvalue weighted by atomic mass is 16.7. The van der Waals surface area contributed by atoms with E-state index < -0.39 is 0 Å². The first-order valence-electron chi connectivity index (χ1n) is 15.0. The molecule has 0 radical (unpaired) electrons. The van der Waals surface area contributed by atoms with E-state index >= 15 is 0 Å². The van der Waals surface area contributed by atoms with Gasteiger partial charge in [0.05, 0.1) is 11.2 Å². The molecule has 1 aliphatic heterocycles. The average Bonchev–Trinajstić information content (AvgIpc) is 3.02. The number of hydrogen-bond acceptors (Lipinski definition) is 3. The van der Waals surface area contributed by atoms with Gasteiger partial charge in [-0.25, -0.2) is 0 Å². The van der Waals surface area contributed by atoms with Crippen molar-refractivity contribution in [2.45, 2.75) is 124 Å². The van der Waals surface area contributed by atoms with Crippen LogP contribution in [0.3, 0.4) is 0 Å². The van der Waals surface area contributed by atoms with E-state index in [0.717, 1.165) is 31.7 Å². The molecule has 2 aromatic rings. The van der Waals surface area contributed by atoms with Gasteiger partial charge in [0.15, 0.2) is 0 Å². The van der Waals surface area contributed by atoms with Gasteiger partial charge in [-0.2, -0.15) is 0 Å². The fraction of sp³-hybridized carbons (Fsp3) is 0.647. The van der Waals surface area contributed by atoms with Gasteiger partial charge in [-0.1, -0.05) is 101 Å². The standard InChI is InChI=1S/C34H52BNO2/c1-31(2,3)34(8,21-15-16-22-35-37-32(4,5)33(6,7)38-35)29-23-30(24-29)36(25-27-17-11-9-12-18-27)26-28-19-13-10-14-20-28/h9-14,17-20,29-30H,15-16,21-26H2,1-8H3. The molecule has 1 unspecified atom stereocenters. The Morgan fingerprint density at radius 2 is 1.24 bits per heavy atom. The van der Waals surface area contributed by atoms with Crippen LogP contribution in [-0.2, 0) is 22.4 Å². The molecule has 0 bridgehead atoms. The molecule has 2 aliphatic rings. The fourth-order valence-electron chi connectivity index (χ4n) is 6.43. The van der Waals surface area contributed by atoms with Crippen molar-refractivity contribution in [1.29, 1.82) is 0 Å². The van der Waals surface area contributed by atoms with Gasteiger partial charge in [-0.3, -0.25) is 4.90 Å². The first kappa shape index (κ1) is 29.4. The number of nitrogens with zero attached hydrogens (tertiary/aromatic N) is 1. The van der Waals surface area contributed by atoms with E-state index in [2.05, 4.69) is 121 Å². The molecule has 0 N–H and O–H groups in total. The van der Waals surface area contributed by atoms with E-state index in [9.17, 15) is 0 Å². The van der Waals surface area contributed by atoms with Crippen LogP contribution in [0.25, 0.3) is 0 Å². The molecular weight excluding hydrogens is 465 g/mol. The molecule has 1 saturated carbocycles. The van der Waals surface area contributed by atoms with Crippen LogP contribution in [-0.4, -0.2) is 29.3 Å². The summed E-state index contributed by atoms with van der Waals surface area (Å²) in [5.74, 6) is 0.762. The van der Waals surface area contributed by atoms with E-state index in [1.165, 1.54) is 36.8 Å². The van der Waals surface area contributed by atoms with E-state index in [1.54, 1.807) is 0 Å². The Hall–Kier alpha value is -1.62. The maximum absolute atomic E-state index is 6.25. The van der Waals surface area contributed by atoms with Crippen LogP contribution in [0.2, 0.25) is 6.32 Å². The van der Waals surface area contributed by atoms with E-state index in [1.807, 2.05) is 0 Å². The topological polar surface area (TPSA) is 21.7 Å². The van der Waals surface area contributed by atoms with Crippen molar-refractivity contribution in [3.8, 4) is 0 Å². The summed E-state index contributed by atoms with van der Waals surface area (Å²) < 4.78 is 12.5. The predicted molar refractivity (Wildman–Crippen MR) is 161 cm³/mol. The molecule has 1 atom stereocenters. The molecule has 1 saturated heterocycles. The van der Waals surface area contributed by atoms with Crippen molar-refractivity contribution in [3.05, 3.63) is 71.8 Å². The second kappa shape index (κ2) is 11.5. The molecule has 1 heterocycles. The third kappa shape index (κ3) is 6.57. The zero-order valence-corrected chi connectivity index (χ0v) is 25.4. The zero-order chi connectivity index (χ0) is 27.6. The minimum Gasteiger partial charge on any atom is -0.403 e. The number of hydrogen-bond donors (Lipinski definition) is 0. The molecule has 2 aromatic carbocycles. The summed E-state index contributed by atoms with van der Waals surface area (Å²) in [4.78, 5) is 2.72. The molecule has 38 heavy (non-hydrogen) atoms. The van der Waals surface area contributed by atoms with Gasteiger partial charge in [0.25, 0.3) is 0 Å². The number of benzene rings is 2. The second-order valence-corrected chi connectivity index (χ2v) is 14.3. The summed E-state index contributed by atoms with van der Waals surface area (Å²) in [6, 6.07) is 22.6. The molecule has 208 valence electrons. The molecule has 0 spiro atoms. The first-order chi connectivity index (χ1) is 17.8. The Morgan fingerprint density at radius 3 is 1.68 bits per heavy atom. The predicted octanol–water partition coefficient (Wildman–Crippen LogP) is 8.78. The van der Waals surface area contributed by atoms with Crippen LogP contribution in [0, 0.1) is 16.7 Å². The highest BCUT2D eigenvalue weighted by molar-refractivity contribution is 6.45. The molecule has 0 aromatic heterocycles. The molecule has 0 amide bonds. The Labute approximate surface area is 233 Å². The van der Waals surface area contributed by atoms with Gasteiger partial charge >= 0.3 is 7.12 Å². The smallest absolute Gasteiger partial charge is 0.403 e. The summed E-state index contributed by atoms with van der Waals surface area (Å²) in [6.07, 6.45) is 7.24. The molecule has 3 nitrogen and oxygen atoms in total. The SMILES string of the molecule is CC(C)(C)C(C)(CCCCB1OC(C)(C)C(C)(C)O1)C1CC(N(Cc2ccccc2)Cc2ccccc2)C1. The maximum atomic E-state index is 6.25. The van der Waals surface area contributed by atoms with Crippen molar-refractivity contribution >= 4 is 7.12 Å². The summed E-state index contributed by atoms with van der Waals surface area (Å²) in [7, 11) is -0.0708. The molecular formula is C34H52BNO2. The van der Waals surface area contributed by atoms with Gasteiger partial charge < -0.3 is 9.31 Å². The fourth-order valence-corrected chi connectivity index (χ4v) is 6.43. The quantitative estimate of drug-likeness (QED) is 0.220. The molecule has 2 fully saturated rings. The second-order valence-electron chi connectivity index (χ2n) is 14.3. The van der Waals surface area contributed by atoms with Gasteiger partial charge in [0, 0.05) is 19.1 Å². The molecule has 4 rings (SSSR count). The minimum atomic E-state index is -0.232. The summed E-state index contributed by atoms with van der Waals surface area (Å²) in [6.45, 7) is 20.6. The highest BCUT2D eigenvalue weighted by Crippen LogP contribution is 2.56. The van der Waals surface area contributed by atoms with E-state index in [0.29, 0.717) is 11.5 Å². The lowest BCUT2D eigenvalue weighted by atomic mass is 9.52. The largest absolute Gasteiger partial charge is 0.457 e. The zero-order valence-electron chi connectivity index (χ0n) is 25.4. The van der Waals surface area contributed by atoms with Crippen LogP contribution in [0.15, 0.2) is 60.7 Å². The van der Waals surface area contributed by atoms with Crippen molar-refractivity contribution in [2.24, 2.45) is 16.7 Å². The summed E-state index contributed by atoms with van der Waals surface area (Å²) >= 11 is 0. The lowest BCUT2D eigenvalue weighted by molar-refractivity contribution is -0.0650. The Kier molecular flexibility index (Phi) is 8.87. The maximum Gasteiger partial charge on any atom is 0.457 e. The number of rotatable bonds is 11. The van der Waals surface area contributed by atoms with Crippen molar-refractivity contribution < 1.29 is 9.31 Å². The van der Waals surface area contributed by atoms with Crippen LogP contribution in [0.4, 0.5) is 0 Å². The Morgan fingerprint density at radius 1 is 0.763 bits per heavy atom. The Bertz CT molecular complexity index is 952. The minimum absolute atomic E-state index is 0.0708. The molecule has 4 heteroatoms. The third-order valence-electron chi connectivity index (χ3n) is 10.4. The molecule has 1 aliphatic carbocycles. The van der Waals surface area contributed by atoms with E-state index in [4.69, 9.17) is 9.31 Å². The summed E-state index contributed by atoms with van der Waals surface area (Å²) in [5.41, 5.74) is 2.95.